The zero-order chi connectivity index (χ0) is 20.1. The van der Waals surface area contributed by atoms with Crippen molar-refractivity contribution in [2.45, 2.75) is 12.5 Å². The molecule has 1 aliphatic heterocycles. The molecular formula is C20H20FN3O4. The molecule has 8 heteroatoms. The van der Waals surface area contributed by atoms with Crippen LogP contribution < -0.4 is 15.4 Å². The molecule has 1 aliphatic rings. The highest BCUT2D eigenvalue weighted by molar-refractivity contribution is 6.01. The number of amides is 3. The van der Waals surface area contributed by atoms with Crippen LogP contribution in [0.4, 0.5) is 10.1 Å². The molecule has 0 saturated carbocycles. The third-order valence-electron chi connectivity index (χ3n) is 4.44. The number of methoxy groups -OCH3 is 1. The number of rotatable bonds is 5. The van der Waals surface area contributed by atoms with Crippen LogP contribution in [0.5, 0.6) is 5.75 Å². The monoisotopic (exact) mass is 385 g/mol. The Hall–Kier alpha value is -3.42. The molecule has 1 atom stereocenters. The van der Waals surface area contributed by atoms with Gasteiger partial charge in [0.25, 0.3) is 5.91 Å². The zero-order valence-corrected chi connectivity index (χ0v) is 15.3. The molecule has 2 N–H and O–H groups in total. The molecule has 1 unspecified atom stereocenters. The van der Waals surface area contributed by atoms with Crippen molar-refractivity contribution in [1.29, 1.82) is 0 Å². The first-order chi connectivity index (χ1) is 13.5. The van der Waals surface area contributed by atoms with Gasteiger partial charge in [-0.3, -0.25) is 14.4 Å². The van der Waals surface area contributed by atoms with E-state index in [9.17, 15) is 18.8 Å². The van der Waals surface area contributed by atoms with Gasteiger partial charge < -0.3 is 20.3 Å². The summed E-state index contributed by atoms with van der Waals surface area (Å²) in [5.41, 5.74) is 0.815. The maximum absolute atomic E-state index is 13.0. The molecule has 0 bridgehead atoms. The fourth-order valence-corrected chi connectivity index (χ4v) is 2.98. The van der Waals surface area contributed by atoms with Crippen LogP contribution in [0.1, 0.15) is 16.8 Å². The minimum absolute atomic E-state index is 0.203. The summed E-state index contributed by atoms with van der Waals surface area (Å²) in [7, 11) is 1.53. The van der Waals surface area contributed by atoms with E-state index in [1.165, 1.54) is 36.3 Å². The second-order valence-corrected chi connectivity index (χ2v) is 6.29. The van der Waals surface area contributed by atoms with Crippen molar-refractivity contribution >= 4 is 23.4 Å². The lowest BCUT2D eigenvalue weighted by atomic mass is 10.1. The van der Waals surface area contributed by atoms with E-state index in [-0.39, 0.29) is 18.2 Å². The van der Waals surface area contributed by atoms with Gasteiger partial charge in [0, 0.05) is 24.3 Å². The quantitative estimate of drug-likeness (QED) is 0.822. The lowest BCUT2D eigenvalue weighted by molar-refractivity contribution is -0.131. The molecule has 146 valence electrons. The van der Waals surface area contributed by atoms with Crippen molar-refractivity contribution in [3.63, 3.8) is 0 Å². The number of piperazine rings is 1. The number of benzene rings is 2. The molecule has 0 radical (unpaired) electrons. The Kier molecular flexibility index (Phi) is 5.88. The topological polar surface area (TPSA) is 87.7 Å². The first kappa shape index (κ1) is 19.3. The summed E-state index contributed by atoms with van der Waals surface area (Å²) in [6, 6.07) is 10.9. The van der Waals surface area contributed by atoms with Gasteiger partial charge in [-0.05, 0) is 48.5 Å². The van der Waals surface area contributed by atoms with Crippen LogP contribution in [0.25, 0.3) is 0 Å². The number of nitrogens with zero attached hydrogens (tertiary/aromatic N) is 1. The van der Waals surface area contributed by atoms with Crippen LogP contribution in [-0.2, 0) is 9.59 Å². The normalized spacial score (nSPS) is 16.3. The van der Waals surface area contributed by atoms with Crippen molar-refractivity contribution in [1.82, 2.24) is 10.2 Å². The second kappa shape index (κ2) is 8.51. The summed E-state index contributed by atoms with van der Waals surface area (Å²) in [5.74, 6) is -0.968. The third kappa shape index (κ3) is 4.46. The first-order valence-corrected chi connectivity index (χ1v) is 8.76. The van der Waals surface area contributed by atoms with E-state index in [1.54, 1.807) is 24.3 Å². The molecule has 1 saturated heterocycles. The largest absolute Gasteiger partial charge is 0.497 e. The smallest absolute Gasteiger partial charge is 0.254 e. The summed E-state index contributed by atoms with van der Waals surface area (Å²) < 4.78 is 18.1. The van der Waals surface area contributed by atoms with Crippen LogP contribution in [0.3, 0.4) is 0 Å². The summed E-state index contributed by atoms with van der Waals surface area (Å²) in [6.07, 6.45) is -0.203. The van der Waals surface area contributed by atoms with Crippen LogP contribution in [0, 0.1) is 5.82 Å². The van der Waals surface area contributed by atoms with Gasteiger partial charge in [0.15, 0.2) is 0 Å². The van der Waals surface area contributed by atoms with Gasteiger partial charge in [0.05, 0.1) is 13.5 Å². The number of carbonyl (C=O) groups is 3. The molecule has 0 aromatic heterocycles. The predicted molar refractivity (Wildman–Crippen MR) is 100 cm³/mol. The fourth-order valence-electron chi connectivity index (χ4n) is 2.98. The van der Waals surface area contributed by atoms with Gasteiger partial charge in [-0.2, -0.15) is 0 Å². The van der Waals surface area contributed by atoms with E-state index in [4.69, 9.17) is 4.74 Å². The average Bonchev–Trinajstić information content (AvgIpc) is 2.71. The Morgan fingerprint density at radius 1 is 1.18 bits per heavy atom. The van der Waals surface area contributed by atoms with Crippen LogP contribution in [0.15, 0.2) is 48.5 Å². The van der Waals surface area contributed by atoms with Gasteiger partial charge in [0.2, 0.25) is 11.8 Å². The maximum atomic E-state index is 13.0. The highest BCUT2D eigenvalue weighted by Gasteiger charge is 2.35. The van der Waals surface area contributed by atoms with E-state index < -0.39 is 17.8 Å². The Morgan fingerprint density at radius 3 is 2.50 bits per heavy atom. The average molecular weight is 385 g/mol. The van der Waals surface area contributed by atoms with E-state index in [1.807, 2.05) is 0 Å². The van der Waals surface area contributed by atoms with Gasteiger partial charge in [-0.1, -0.05) is 0 Å². The van der Waals surface area contributed by atoms with Crippen molar-refractivity contribution in [3.8, 4) is 5.75 Å². The van der Waals surface area contributed by atoms with Gasteiger partial charge >= 0.3 is 0 Å². The van der Waals surface area contributed by atoms with Crippen LogP contribution >= 0.6 is 0 Å². The van der Waals surface area contributed by atoms with Crippen LogP contribution in [-0.4, -0.2) is 48.9 Å². The fraction of sp³-hybridized carbons (Fsp3) is 0.250. The SMILES string of the molecule is COc1ccc(C(=O)N2CCNC(=O)C2CC(=O)Nc2ccc(F)cc2)cc1. The number of hydrogen-bond acceptors (Lipinski definition) is 4. The number of halogens is 1. The summed E-state index contributed by atoms with van der Waals surface area (Å²) >= 11 is 0. The number of anilines is 1. The standard InChI is InChI=1S/C20H20FN3O4/c1-28-16-8-2-13(3-9-16)20(27)24-11-10-22-19(26)17(24)12-18(25)23-15-6-4-14(21)5-7-15/h2-9,17H,10-12H2,1H3,(H,22,26)(H,23,25). The van der Waals surface area contributed by atoms with Gasteiger partial charge in [-0.25, -0.2) is 4.39 Å². The predicted octanol–water partition coefficient (Wildman–Crippen LogP) is 1.80. The molecule has 2 aromatic rings. The van der Waals surface area contributed by atoms with Gasteiger partial charge in [-0.15, -0.1) is 0 Å². The van der Waals surface area contributed by atoms with E-state index in [2.05, 4.69) is 10.6 Å². The molecule has 7 nitrogen and oxygen atoms in total. The molecule has 3 rings (SSSR count). The minimum atomic E-state index is -0.927. The Morgan fingerprint density at radius 2 is 1.86 bits per heavy atom. The van der Waals surface area contributed by atoms with E-state index in [0.717, 1.165) is 0 Å². The highest BCUT2D eigenvalue weighted by atomic mass is 19.1. The first-order valence-electron chi connectivity index (χ1n) is 8.76. The van der Waals surface area contributed by atoms with Crippen molar-refractivity contribution < 1.29 is 23.5 Å². The number of hydrogen-bond donors (Lipinski definition) is 2. The third-order valence-corrected chi connectivity index (χ3v) is 4.44. The Bertz CT molecular complexity index is 868. The van der Waals surface area contributed by atoms with Crippen LogP contribution in [0.2, 0.25) is 0 Å². The molecule has 1 fully saturated rings. The molecule has 0 spiro atoms. The van der Waals surface area contributed by atoms with E-state index >= 15 is 0 Å². The Labute approximate surface area is 161 Å². The van der Waals surface area contributed by atoms with Crippen molar-refractivity contribution in [3.05, 3.63) is 59.9 Å². The van der Waals surface area contributed by atoms with E-state index in [0.29, 0.717) is 30.1 Å². The number of ether oxygens (including phenoxy) is 1. The number of carbonyl (C=O) groups excluding carboxylic acids is 3. The van der Waals surface area contributed by atoms with Gasteiger partial charge in [0.1, 0.15) is 17.6 Å². The molecule has 28 heavy (non-hydrogen) atoms. The number of nitrogens with one attached hydrogen (secondary N) is 2. The van der Waals surface area contributed by atoms with Crippen molar-refractivity contribution in [2.75, 3.05) is 25.5 Å². The summed E-state index contributed by atoms with van der Waals surface area (Å²) in [5, 5.41) is 5.29. The molecule has 0 aliphatic carbocycles. The molecule has 1 heterocycles. The highest BCUT2D eigenvalue weighted by Crippen LogP contribution is 2.18. The van der Waals surface area contributed by atoms with Crippen molar-refractivity contribution in [2.24, 2.45) is 0 Å². The molecule has 2 aromatic carbocycles. The summed E-state index contributed by atoms with van der Waals surface area (Å²) in [4.78, 5) is 38.9. The zero-order valence-electron chi connectivity index (χ0n) is 15.3. The lowest BCUT2D eigenvalue weighted by Crippen LogP contribution is -2.58. The molecular weight excluding hydrogens is 365 g/mol. The summed E-state index contributed by atoms with van der Waals surface area (Å²) in [6.45, 7) is 0.613. The Balaban J connectivity index is 1.72. The molecule has 3 amide bonds. The minimum Gasteiger partial charge on any atom is -0.497 e. The lowest BCUT2D eigenvalue weighted by Gasteiger charge is -2.34. The second-order valence-electron chi connectivity index (χ2n) is 6.29. The maximum Gasteiger partial charge on any atom is 0.254 e.